The van der Waals surface area contributed by atoms with Gasteiger partial charge < -0.3 is 10.2 Å². The van der Waals surface area contributed by atoms with Crippen molar-refractivity contribution in [3.63, 3.8) is 0 Å². The fraction of sp³-hybridized carbons (Fsp3) is 0.231. The summed E-state index contributed by atoms with van der Waals surface area (Å²) >= 11 is 0. The number of carbonyl (C=O) groups is 2. The molecule has 0 atom stereocenters. The van der Waals surface area contributed by atoms with Gasteiger partial charge in [-0.2, -0.15) is 0 Å². The summed E-state index contributed by atoms with van der Waals surface area (Å²) in [5, 5.41) is 2.77. The zero-order valence-corrected chi connectivity index (χ0v) is 20.7. The largest absolute Gasteiger partial charge is 0.339 e. The molecule has 0 aliphatic rings. The van der Waals surface area contributed by atoms with Gasteiger partial charge in [-0.25, -0.2) is 12.8 Å². The number of anilines is 2. The zero-order chi connectivity index (χ0) is 25.6. The maximum absolute atomic E-state index is 14.1. The molecule has 2 amide bonds. The Morgan fingerprint density at radius 1 is 0.886 bits per heavy atom. The number of rotatable bonds is 9. The Hall–Kier alpha value is -3.72. The van der Waals surface area contributed by atoms with Crippen LogP contribution in [0.25, 0.3) is 0 Å². The molecular weight excluding hydrogens is 469 g/mol. The number of carbonyl (C=O) groups excluding carboxylic acids is 2. The van der Waals surface area contributed by atoms with Crippen molar-refractivity contribution in [3.05, 3.63) is 95.3 Å². The average Bonchev–Trinajstić information content (AvgIpc) is 2.84. The maximum atomic E-state index is 14.1. The van der Waals surface area contributed by atoms with Crippen LogP contribution in [0.2, 0.25) is 0 Å². The fourth-order valence-corrected chi connectivity index (χ4v) is 4.49. The van der Waals surface area contributed by atoms with E-state index in [1.54, 1.807) is 35.2 Å². The summed E-state index contributed by atoms with van der Waals surface area (Å²) in [6.07, 6.45) is 1.04. The number of amides is 2. The standard InChI is InChI=1S/C26H28FN3O4S/c1-4-29(5-2)26(32)22-11-7-9-13-24(22)28-25(31)19-14-16-21(17-15-19)30(35(3,33)34)18-20-10-6-8-12-23(20)27/h6-17H,4-5,18H2,1-3H3,(H,28,31). The Morgan fingerprint density at radius 3 is 2.09 bits per heavy atom. The first-order chi connectivity index (χ1) is 16.7. The number of para-hydroxylation sites is 1. The highest BCUT2D eigenvalue weighted by molar-refractivity contribution is 7.92. The van der Waals surface area contributed by atoms with Crippen LogP contribution in [0.1, 0.15) is 40.1 Å². The predicted molar refractivity (Wildman–Crippen MR) is 136 cm³/mol. The summed E-state index contributed by atoms with van der Waals surface area (Å²) in [7, 11) is -3.72. The number of sulfonamides is 1. The molecule has 0 aliphatic heterocycles. The fourth-order valence-electron chi connectivity index (χ4n) is 3.61. The average molecular weight is 498 g/mol. The molecule has 0 aliphatic carbocycles. The van der Waals surface area contributed by atoms with Crippen molar-refractivity contribution in [2.45, 2.75) is 20.4 Å². The summed E-state index contributed by atoms with van der Waals surface area (Å²) in [6.45, 7) is 4.68. The van der Waals surface area contributed by atoms with Crippen molar-refractivity contribution in [2.75, 3.05) is 29.0 Å². The molecule has 0 unspecified atom stereocenters. The van der Waals surface area contributed by atoms with Gasteiger partial charge in [0.2, 0.25) is 10.0 Å². The summed E-state index contributed by atoms with van der Waals surface area (Å²) in [5.74, 6) is -1.13. The third kappa shape index (κ3) is 6.24. The van der Waals surface area contributed by atoms with Gasteiger partial charge in [-0.3, -0.25) is 13.9 Å². The Kier molecular flexibility index (Phi) is 8.24. The summed E-state index contributed by atoms with van der Waals surface area (Å²) in [4.78, 5) is 27.4. The SMILES string of the molecule is CCN(CC)C(=O)c1ccccc1NC(=O)c1ccc(N(Cc2ccccc2F)S(C)(=O)=O)cc1. The number of hydrogen-bond donors (Lipinski definition) is 1. The number of halogens is 1. The summed E-state index contributed by atoms with van der Waals surface area (Å²) < 4.78 is 40.0. The van der Waals surface area contributed by atoms with Crippen LogP contribution in [0.3, 0.4) is 0 Å². The van der Waals surface area contributed by atoms with Crippen LogP contribution in [-0.4, -0.2) is 44.5 Å². The molecule has 9 heteroatoms. The second kappa shape index (κ2) is 11.1. The lowest BCUT2D eigenvalue weighted by Gasteiger charge is -2.23. The van der Waals surface area contributed by atoms with Gasteiger partial charge >= 0.3 is 0 Å². The van der Waals surface area contributed by atoms with Gasteiger partial charge in [0.05, 0.1) is 29.7 Å². The third-order valence-electron chi connectivity index (χ3n) is 5.55. The lowest BCUT2D eigenvalue weighted by Crippen LogP contribution is -2.31. The molecule has 0 saturated heterocycles. The molecular formula is C26H28FN3O4S. The molecule has 3 aromatic carbocycles. The maximum Gasteiger partial charge on any atom is 0.255 e. The topological polar surface area (TPSA) is 86.8 Å². The van der Waals surface area contributed by atoms with Crippen molar-refractivity contribution in [1.82, 2.24) is 4.90 Å². The van der Waals surface area contributed by atoms with Gasteiger partial charge in [-0.15, -0.1) is 0 Å². The van der Waals surface area contributed by atoms with Gasteiger partial charge in [0.1, 0.15) is 5.82 Å². The second-order valence-corrected chi connectivity index (χ2v) is 9.79. The second-order valence-electron chi connectivity index (χ2n) is 7.89. The number of benzene rings is 3. The van der Waals surface area contributed by atoms with E-state index in [1.165, 1.54) is 42.5 Å². The van der Waals surface area contributed by atoms with Crippen LogP contribution < -0.4 is 9.62 Å². The van der Waals surface area contributed by atoms with Crippen LogP contribution in [0.4, 0.5) is 15.8 Å². The van der Waals surface area contributed by atoms with Gasteiger partial charge in [0, 0.05) is 24.2 Å². The number of nitrogens with one attached hydrogen (secondary N) is 1. The highest BCUT2D eigenvalue weighted by Gasteiger charge is 2.21. The summed E-state index contributed by atoms with van der Waals surface area (Å²) in [5.41, 5.74) is 1.57. The smallest absolute Gasteiger partial charge is 0.255 e. The minimum Gasteiger partial charge on any atom is -0.339 e. The molecule has 0 aromatic heterocycles. The minimum atomic E-state index is -3.72. The van der Waals surface area contributed by atoms with Crippen LogP contribution in [-0.2, 0) is 16.6 Å². The molecule has 0 bridgehead atoms. The highest BCUT2D eigenvalue weighted by atomic mass is 32.2. The van der Waals surface area contributed by atoms with Gasteiger partial charge in [-0.1, -0.05) is 30.3 Å². The van der Waals surface area contributed by atoms with Crippen molar-refractivity contribution >= 4 is 33.2 Å². The molecule has 0 radical (unpaired) electrons. The quantitative estimate of drug-likeness (QED) is 0.471. The Bertz CT molecular complexity index is 1310. The first-order valence-corrected chi connectivity index (χ1v) is 13.0. The minimum absolute atomic E-state index is 0.182. The molecule has 0 heterocycles. The van der Waals surface area contributed by atoms with E-state index in [0.717, 1.165) is 10.6 Å². The summed E-state index contributed by atoms with van der Waals surface area (Å²) in [6, 6.07) is 18.7. The molecule has 3 aromatic rings. The third-order valence-corrected chi connectivity index (χ3v) is 6.69. The molecule has 1 N–H and O–H groups in total. The number of hydrogen-bond acceptors (Lipinski definition) is 4. The van der Waals surface area contributed by atoms with Gasteiger partial charge in [0.25, 0.3) is 11.8 Å². The van der Waals surface area contributed by atoms with Crippen molar-refractivity contribution in [1.29, 1.82) is 0 Å². The first kappa shape index (κ1) is 25.9. The van der Waals surface area contributed by atoms with E-state index < -0.39 is 21.7 Å². The molecule has 184 valence electrons. The van der Waals surface area contributed by atoms with Crippen LogP contribution in [0, 0.1) is 5.82 Å². The van der Waals surface area contributed by atoms with E-state index in [-0.39, 0.29) is 23.6 Å². The molecule has 35 heavy (non-hydrogen) atoms. The van der Waals surface area contributed by atoms with Crippen molar-refractivity contribution in [2.24, 2.45) is 0 Å². The molecule has 0 fully saturated rings. The van der Waals surface area contributed by atoms with Crippen LogP contribution >= 0.6 is 0 Å². The van der Waals surface area contributed by atoms with E-state index in [9.17, 15) is 22.4 Å². The molecule has 3 rings (SSSR count). The van der Waals surface area contributed by atoms with E-state index in [0.29, 0.717) is 30.0 Å². The van der Waals surface area contributed by atoms with E-state index in [1.807, 2.05) is 13.8 Å². The lowest BCUT2D eigenvalue weighted by molar-refractivity contribution is 0.0774. The number of nitrogens with zero attached hydrogens (tertiary/aromatic N) is 2. The highest BCUT2D eigenvalue weighted by Crippen LogP contribution is 2.23. The molecule has 7 nitrogen and oxygen atoms in total. The Morgan fingerprint density at radius 2 is 1.49 bits per heavy atom. The zero-order valence-electron chi connectivity index (χ0n) is 19.9. The lowest BCUT2D eigenvalue weighted by atomic mass is 10.1. The van der Waals surface area contributed by atoms with Gasteiger partial charge in [-0.05, 0) is 56.3 Å². The van der Waals surface area contributed by atoms with Crippen LogP contribution in [0.15, 0.2) is 72.8 Å². The molecule has 0 spiro atoms. The monoisotopic (exact) mass is 497 g/mol. The van der Waals surface area contributed by atoms with E-state index in [4.69, 9.17) is 0 Å². The van der Waals surface area contributed by atoms with Gasteiger partial charge in [0.15, 0.2) is 0 Å². The van der Waals surface area contributed by atoms with E-state index in [2.05, 4.69) is 5.32 Å². The van der Waals surface area contributed by atoms with Crippen molar-refractivity contribution < 1.29 is 22.4 Å². The Labute approximate surface area is 205 Å². The normalized spacial score (nSPS) is 11.1. The predicted octanol–water partition coefficient (Wildman–Crippen LogP) is 4.53. The van der Waals surface area contributed by atoms with Crippen LogP contribution in [0.5, 0.6) is 0 Å². The Balaban J connectivity index is 1.83. The molecule has 0 saturated carbocycles. The van der Waals surface area contributed by atoms with E-state index >= 15 is 0 Å². The van der Waals surface area contributed by atoms with Crippen molar-refractivity contribution in [3.8, 4) is 0 Å². The first-order valence-electron chi connectivity index (χ1n) is 11.2.